The van der Waals surface area contributed by atoms with Crippen LogP contribution in [0.15, 0.2) is 11.0 Å². The Balaban J connectivity index is 1.86. The standard InChI is InChI=1S/C14H18FN5O4/c15-9-8(5-21)24-12(10(9)22)20-11-7(3-17-13(16)18-11)19(14(20)23)4-6-1-2-6/h3,6,8-10,12,21-22H,1-2,4-5H2,(H2,16,17,18)/t8-,9-,10-,12-/m1/s1. The molecule has 24 heavy (non-hydrogen) atoms. The van der Waals surface area contributed by atoms with Crippen LogP contribution >= 0.6 is 0 Å². The van der Waals surface area contributed by atoms with Crippen LogP contribution < -0.4 is 11.4 Å². The first kappa shape index (κ1) is 15.5. The smallest absolute Gasteiger partial charge is 0.332 e. The number of nitrogens with two attached hydrogens (primary N) is 1. The van der Waals surface area contributed by atoms with E-state index >= 15 is 0 Å². The summed E-state index contributed by atoms with van der Waals surface area (Å²) < 4.78 is 22.0. The summed E-state index contributed by atoms with van der Waals surface area (Å²) in [5.41, 5.74) is 5.79. The minimum Gasteiger partial charge on any atom is -0.394 e. The van der Waals surface area contributed by atoms with E-state index < -0.39 is 36.9 Å². The number of alkyl halides is 1. The Bertz CT molecular complexity index is 832. The summed E-state index contributed by atoms with van der Waals surface area (Å²) in [6.45, 7) is -0.0950. The molecule has 2 aliphatic rings. The lowest BCUT2D eigenvalue weighted by molar-refractivity contribution is -0.0514. The number of aromatic nitrogens is 4. The highest BCUT2D eigenvalue weighted by Gasteiger charge is 2.46. The van der Waals surface area contributed by atoms with Crippen molar-refractivity contribution in [3.63, 3.8) is 0 Å². The first-order chi connectivity index (χ1) is 11.5. The van der Waals surface area contributed by atoms with Crippen molar-refractivity contribution in [2.75, 3.05) is 12.3 Å². The molecule has 0 unspecified atom stereocenters. The van der Waals surface area contributed by atoms with Gasteiger partial charge in [0.2, 0.25) is 5.95 Å². The van der Waals surface area contributed by atoms with E-state index in [4.69, 9.17) is 15.6 Å². The fourth-order valence-corrected chi connectivity index (χ4v) is 3.10. The van der Waals surface area contributed by atoms with Crippen LogP contribution in [0.5, 0.6) is 0 Å². The number of ether oxygens (including phenoxy) is 1. The number of nitrogens with zero attached hydrogens (tertiary/aromatic N) is 4. The van der Waals surface area contributed by atoms with Gasteiger partial charge in [-0.25, -0.2) is 18.7 Å². The molecule has 0 spiro atoms. The zero-order valence-electron chi connectivity index (χ0n) is 12.7. The molecule has 0 radical (unpaired) electrons. The number of hydrogen-bond donors (Lipinski definition) is 3. The Labute approximate surface area is 135 Å². The molecular weight excluding hydrogens is 321 g/mol. The minimum absolute atomic E-state index is 0.0391. The molecule has 9 nitrogen and oxygen atoms in total. The van der Waals surface area contributed by atoms with Crippen molar-refractivity contribution >= 4 is 17.1 Å². The number of rotatable bonds is 4. The van der Waals surface area contributed by atoms with E-state index in [0.717, 1.165) is 17.4 Å². The van der Waals surface area contributed by atoms with Crippen molar-refractivity contribution < 1.29 is 19.3 Å². The summed E-state index contributed by atoms with van der Waals surface area (Å²) in [6, 6.07) is 0. The second kappa shape index (κ2) is 5.50. The summed E-state index contributed by atoms with van der Waals surface area (Å²) >= 11 is 0. The molecule has 2 aromatic rings. The molecule has 2 fully saturated rings. The maximum Gasteiger partial charge on any atom is 0.332 e. The molecule has 1 saturated carbocycles. The Morgan fingerprint density at radius 2 is 2.21 bits per heavy atom. The topological polar surface area (TPSA) is 128 Å². The molecule has 10 heteroatoms. The van der Waals surface area contributed by atoms with Crippen molar-refractivity contribution in [2.24, 2.45) is 5.92 Å². The number of nitrogen functional groups attached to an aromatic ring is 1. The van der Waals surface area contributed by atoms with Gasteiger partial charge in [-0.15, -0.1) is 0 Å². The van der Waals surface area contributed by atoms with Crippen molar-refractivity contribution in [2.45, 2.75) is 44.0 Å². The van der Waals surface area contributed by atoms with Gasteiger partial charge in [0.1, 0.15) is 17.7 Å². The van der Waals surface area contributed by atoms with E-state index in [-0.39, 0.29) is 11.6 Å². The van der Waals surface area contributed by atoms with E-state index in [1.165, 1.54) is 10.8 Å². The largest absolute Gasteiger partial charge is 0.394 e. The van der Waals surface area contributed by atoms with Gasteiger partial charge >= 0.3 is 5.69 Å². The third kappa shape index (κ3) is 2.29. The van der Waals surface area contributed by atoms with Crippen LogP contribution in [0.3, 0.4) is 0 Å². The number of aliphatic hydroxyl groups is 2. The lowest BCUT2D eigenvalue weighted by atomic mass is 10.1. The number of imidazole rings is 1. The van der Waals surface area contributed by atoms with Crippen molar-refractivity contribution in [1.82, 2.24) is 19.1 Å². The summed E-state index contributed by atoms with van der Waals surface area (Å²) in [7, 11) is 0. The number of hydrogen-bond acceptors (Lipinski definition) is 7. The van der Waals surface area contributed by atoms with Crippen LogP contribution in [-0.4, -0.2) is 54.3 Å². The van der Waals surface area contributed by atoms with Gasteiger partial charge in [-0.05, 0) is 18.8 Å². The summed E-state index contributed by atoms with van der Waals surface area (Å²) in [4.78, 5) is 20.8. The maximum absolute atomic E-state index is 14.0. The van der Waals surface area contributed by atoms with Crippen LogP contribution in [-0.2, 0) is 11.3 Å². The SMILES string of the molecule is Nc1ncc2c(n1)n([C@@H]1O[C@H](CO)[C@@H](F)[C@H]1O)c(=O)n2CC1CC1. The Morgan fingerprint density at radius 1 is 1.46 bits per heavy atom. The van der Waals surface area contributed by atoms with Crippen LogP contribution in [0, 0.1) is 5.92 Å². The molecule has 4 rings (SSSR count). The molecule has 0 amide bonds. The van der Waals surface area contributed by atoms with Gasteiger partial charge in [-0.1, -0.05) is 0 Å². The molecule has 2 aromatic heterocycles. The lowest BCUT2D eigenvalue weighted by Gasteiger charge is -2.15. The molecule has 1 aliphatic heterocycles. The van der Waals surface area contributed by atoms with Gasteiger partial charge in [0, 0.05) is 6.54 Å². The first-order valence-corrected chi connectivity index (χ1v) is 7.83. The maximum atomic E-state index is 14.0. The summed E-state index contributed by atoms with van der Waals surface area (Å²) in [5.74, 6) is 0.371. The number of aliphatic hydroxyl groups excluding tert-OH is 2. The fraction of sp³-hybridized carbons (Fsp3) is 0.643. The molecule has 130 valence electrons. The highest BCUT2D eigenvalue weighted by molar-refractivity contribution is 5.72. The molecule has 4 atom stereocenters. The number of fused-ring (bicyclic) bond motifs is 1. The van der Waals surface area contributed by atoms with Gasteiger partial charge in [-0.2, -0.15) is 4.98 Å². The Hall–Kier alpha value is -2.04. The molecule has 0 bridgehead atoms. The third-order valence-electron chi connectivity index (χ3n) is 4.58. The second-order valence-electron chi connectivity index (χ2n) is 6.33. The van der Waals surface area contributed by atoms with E-state index in [1.54, 1.807) is 0 Å². The zero-order chi connectivity index (χ0) is 17.0. The Morgan fingerprint density at radius 3 is 2.83 bits per heavy atom. The molecule has 1 saturated heterocycles. The second-order valence-corrected chi connectivity index (χ2v) is 6.33. The fourth-order valence-electron chi connectivity index (χ4n) is 3.10. The molecular formula is C14H18FN5O4. The predicted octanol–water partition coefficient (Wildman–Crippen LogP) is -0.826. The molecule has 3 heterocycles. The van der Waals surface area contributed by atoms with Crippen LogP contribution in [0.4, 0.5) is 10.3 Å². The normalized spacial score (nSPS) is 30.3. The average Bonchev–Trinajstić information content (AvgIpc) is 3.29. The molecule has 4 N–H and O–H groups in total. The predicted molar refractivity (Wildman–Crippen MR) is 80.8 cm³/mol. The highest BCUT2D eigenvalue weighted by atomic mass is 19.1. The van der Waals surface area contributed by atoms with Gasteiger partial charge < -0.3 is 20.7 Å². The average molecular weight is 339 g/mol. The van der Waals surface area contributed by atoms with Crippen LogP contribution in [0.25, 0.3) is 11.2 Å². The Kier molecular flexibility index (Phi) is 3.55. The quantitative estimate of drug-likeness (QED) is 0.663. The van der Waals surface area contributed by atoms with Crippen LogP contribution in [0.2, 0.25) is 0 Å². The van der Waals surface area contributed by atoms with Crippen molar-refractivity contribution in [3.05, 3.63) is 16.7 Å². The first-order valence-electron chi connectivity index (χ1n) is 7.83. The summed E-state index contributed by atoms with van der Waals surface area (Å²) in [6.07, 6.45) is -2.34. The monoisotopic (exact) mass is 339 g/mol. The van der Waals surface area contributed by atoms with Gasteiger partial charge in [-0.3, -0.25) is 4.57 Å². The third-order valence-corrected chi connectivity index (χ3v) is 4.58. The molecule has 0 aromatic carbocycles. The number of halogens is 1. The van der Waals surface area contributed by atoms with Crippen molar-refractivity contribution in [1.29, 1.82) is 0 Å². The minimum atomic E-state index is -1.80. The van der Waals surface area contributed by atoms with Crippen LogP contribution in [0.1, 0.15) is 19.1 Å². The highest BCUT2D eigenvalue weighted by Crippen LogP contribution is 2.34. The van der Waals surface area contributed by atoms with Gasteiger partial charge in [0.05, 0.1) is 12.8 Å². The van der Waals surface area contributed by atoms with E-state index in [1.807, 2.05) is 0 Å². The van der Waals surface area contributed by atoms with Crippen molar-refractivity contribution in [3.8, 4) is 0 Å². The summed E-state index contributed by atoms with van der Waals surface area (Å²) in [5, 5.41) is 19.3. The van der Waals surface area contributed by atoms with Gasteiger partial charge in [0.25, 0.3) is 0 Å². The van der Waals surface area contributed by atoms with Gasteiger partial charge in [0.15, 0.2) is 18.0 Å². The lowest BCUT2D eigenvalue weighted by Crippen LogP contribution is -2.34. The van der Waals surface area contributed by atoms with E-state index in [0.29, 0.717) is 18.0 Å². The van der Waals surface area contributed by atoms with E-state index in [9.17, 15) is 14.3 Å². The van der Waals surface area contributed by atoms with E-state index in [2.05, 4.69) is 9.97 Å². The zero-order valence-corrected chi connectivity index (χ0v) is 12.7. The number of anilines is 1. The molecule has 1 aliphatic carbocycles.